The van der Waals surface area contributed by atoms with Crippen LogP contribution in [-0.2, 0) is 0 Å². The monoisotopic (exact) mass is 170 g/mol. The highest BCUT2D eigenvalue weighted by Crippen LogP contribution is 2.17. The maximum Gasteiger partial charge on any atom is 0.257 e. The van der Waals surface area contributed by atoms with Gasteiger partial charge in [0.05, 0.1) is 7.11 Å². The van der Waals surface area contributed by atoms with Crippen molar-refractivity contribution >= 4 is 5.91 Å². The summed E-state index contributed by atoms with van der Waals surface area (Å²) in [5.41, 5.74) is 4.57. The molecule has 0 aromatic carbocycles. The highest BCUT2D eigenvalue weighted by Gasteiger charge is 2.14. The van der Waals surface area contributed by atoms with Gasteiger partial charge in [-0.1, -0.05) is 0 Å². The molecule has 12 heavy (non-hydrogen) atoms. The summed E-state index contributed by atoms with van der Waals surface area (Å²) in [6.45, 7) is 0. The van der Waals surface area contributed by atoms with Crippen molar-refractivity contribution in [1.82, 2.24) is 4.98 Å². The Morgan fingerprint density at radius 3 is 2.83 bits per heavy atom. The van der Waals surface area contributed by atoms with Crippen molar-refractivity contribution in [2.24, 2.45) is 5.73 Å². The number of nitrogens with two attached hydrogens (primary N) is 1. The second kappa shape index (κ2) is 3.17. The topological polar surface area (TPSA) is 65.2 Å². The van der Waals surface area contributed by atoms with Crippen molar-refractivity contribution in [1.29, 1.82) is 0 Å². The fourth-order valence-corrected chi connectivity index (χ4v) is 0.813. The number of pyridine rings is 1. The molecule has 0 atom stereocenters. The summed E-state index contributed by atoms with van der Waals surface area (Å²) in [5, 5.41) is 0. The zero-order valence-corrected chi connectivity index (χ0v) is 6.37. The van der Waals surface area contributed by atoms with Gasteiger partial charge in [0.25, 0.3) is 5.91 Å². The van der Waals surface area contributed by atoms with E-state index in [-0.39, 0.29) is 11.3 Å². The van der Waals surface area contributed by atoms with Crippen LogP contribution in [0.5, 0.6) is 5.75 Å². The minimum atomic E-state index is -0.915. The SMILES string of the molecule is COc1ccnc(F)c1C(N)=O. The molecule has 0 radical (unpaired) electrons. The summed E-state index contributed by atoms with van der Waals surface area (Å²) < 4.78 is 17.5. The van der Waals surface area contributed by atoms with E-state index in [1.807, 2.05) is 0 Å². The standard InChI is InChI=1S/C7H7FN2O2/c1-12-4-2-3-10-6(8)5(4)7(9)11/h2-3H,1H3,(H2,9,11). The minimum absolute atomic E-state index is 0.0926. The number of amides is 1. The molecule has 0 bridgehead atoms. The third-order valence-corrected chi connectivity index (χ3v) is 1.33. The van der Waals surface area contributed by atoms with Crippen LogP contribution < -0.4 is 10.5 Å². The van der Waals surface area contributed by atoms with Gasteiger partial charge in [-0.15, -0.1) is 0 Å². The first-order chi connectivity index (χ1) is 5.66. The van der Waals surface area contributed by atoms with Gasteiger partial charge in [-0.3, -0.25) is 4.79 Å². The number of hydrogen-bond donors (Lipinski definition) is 1. The Morgan fingerprint density at radius 1 is 1.75 bits per heavy atom. The van der Waals surface area contributed by atoms with Gasteiger partial charge in [-0.05, 0) is 6.07 Å². The lowest BCUT2D eigenvalue weighted by Gasteiger charge is -2.03. The maximum atomic E-state index is 12.8. The van der Waals surface area contributed by atoms with E-state index in [0.717, 1.165) is 0 Å². The Labute approximate surface area is 68.2 Å². The number of methoxy groups -OCH3 is 1. The van der Waals surface area contributed by atoms with Crippen LogP contribution in [0.4, 0.5) is 4.39 Å². The average molecular weight is 170 g/mol. The largest absolute Gasteiger partial charge is 0.496 e. The molecule has 64 valence electrons. The molecule has 0 spiro atoms. The Kier molecular flexibility index (Phi) is 2.23. The summed E-state index contributed by atoms with van der Waals surface area (Å²) in [6.07, 6.45) is 1.20. The van der Waals surface area contributed by atoms with Crippen LogP contribution >= 0.6 is 0 Å². The van der Waals surface area contributed by atoms with E-state index >= 15 is 0 Å². The molecular formula is C7H7FN2O2. The van der Waals surface area contributed by atoms with Crippen LogP contribution in [-0.4, -0.2) is 18.0 Å². The van der Waals surface area contributed by atoms with Gasteiger partial charge in [0.2, 0.25) is 5.95 Å². The number of halogens is 1. The molecule has 1 aromatic heterocycles. The molecule has 4 nitrogen and oxygen atoms in total. The summed E-state index contributed by atoms with van der Waals surface area (Å²) >= 11 is 0. The van der Waals surface area contributed by atoms with Gasteiger partial charge in [0.15, 0.2) is 0 Å². The molecule has 0 saturated heterocycles. The normalized spacial score (nSPS) is 9.50. The van der Waals surface area contributed by atoms with Crippen molar-refractivity contribution < 1.29 is 13.9 Å². The lowest BCUT2D eigenvalue weighted by molar-refractivity contribution is 0.0992. The number of ether oxygens (including phenoxy) is 1. The zero-order chi connectivity index (χ0) is 9.14. The fraction of sp³-hybridized carbons (Fsp3) is 0.143. The zero-order valence-electron chi connectivity index (χ0n) is 6.37. The summed E-state index contributed by atoms with van der Waals surface area (Å²) in [5.74, 6) is -1.71. The third kappa shape index (κ3) is 1.34. The lowest BCUT2D eigenvalue weighted by atomic mass is 10.2. The molecule has 1 aromatic rings. The van der Waals surface area contributed by atoms with Gasteiger partial charge >= 0.3 is 0 Å². The molecule has 2 N–H and O–H groups in total. The molecule has 0 aliphatic heterocycles. The van der Waals surface area contributed by atoms with Crippen LogP contribution in [0.2, 0.25) is 0 Å². The Bertz CT molecular complexity index is 314. The van der Waals surface area contributed by atoms with Gasteiger partial charge in [0.1, 0.15) is 11.3 Å². The molecule has 0 fully saturated rings. The van der Waals surface area contributed by atoms with Gasteiger partial charge < -0.3 is 10.5 Å². The van der Waals surface area contributed by atoms with E-state index in [1.54, 1.807) is 0 Å². The predicted molar refractivity (Wildman–Crippen MR) is 39.3 cm³/mol. The van der Waals surface area contributed by atoms with Gasteiger partial charge in [-0.25, -0.2) is 4.98 Å². The van der Waals surface area contributed by atoms with E-state index in [0.29, 0.717) is 0 Å². The maximum absolute atomic E-state index is 12.8. The Balaban J connectivity index is 3.29. The number of carbonyl (C=O) groups is 1. The quantitative estimate of drug-likeness (QED) is 0.650. The molecule has 5 heteroatoms. The van der Waals surface area contributed by atoms with Crippen molar-refractivity contribution in [3.8, 4) is 5.75 Å². The van der Waals surface area contributed by atoms with Gasteiger partial charge in [-0.2, -0.15) is 4.39 Å². The summed E-state index contributed by atoms with van der Waals surface area (Å²) in [4.78, 5) is 13.9. The molecule has 0 aliphatic rings. The van der Waals surface area contributed by atoms with Crippen LogP contribution in [0.15, 0.2) is 12.3 Å². The van der Waals surface area contributed by atoms with E-state index in [9.17, 15) is 9.18 Å². The number of rotatable bonds is 2. The first-order valence-electron chi connectivity index (χ1n) is 3.15. The van der Waals surface area contributed by atoms with Crippen LogP contribution in [0.1, 0.15) is 10.4 Å². The second-order valence-corrected chi connectivity index (χ2v) is 2.04. The first kappa shape index (κ1) is 8.45. The van der Waals surface area contributed by atoms with Gasteiger partial charge in [0, 0.05) is 6.20 Å². The van der Waals surface area contributed by atoms with Crippen molar-refractivity contribution in [2.75, 3.05) is 7.11 Å². The molecule has 0 saturated carbocycles. The Hall–Kier alpha value is -1.65. The molecule has 1 amide bonds. The average Bonchev–Trinajstić information content (AvgIpc) is 2.03. The number of aromatic nitrogens is 1. The highest BCUT2D eigenvalue weighted by atomic mass is 19.1. The lowest BCUT2D eigenvalue weighted by Crippen LogP contribution is -2.15. The van der Waals surface area contributed by atoms with Crippen LogP contribution in [0.3, 0.4) is 0 Å². The van der Waals surface area contributed by atoms with E-state index < -0.39 is 11.9 Å². The summed E-state index contributed by atoms with van der Waals surface area (Å²) in [7, 11) is 1.32. The van der Waals surface area contributed by atoms with Crippen LogP contribution in [0, 0.1) is 5.95 Å². The van der Waals surface area contributed by atoms with E-state index in [4.69, 9.17) is 10.5 Å². The van der Waals surface area contributed by atoms with E-state index in [1.165, 1.54) is 19.4 Å². The summed E-state index contributed by atoms with van der Waals surface area (Å²) in [6, 6.07) is 1.36. The smallest absolute Gasteiger partial charge is 0.257 e. The number of hydrogen-bond acceptors (Lipinski definition) is 3. The molecular weight excluding hydrogens is 163 g/mol. The van der Waals surface area contributed by atoms with Crippen molar-refractivity contribution in [2.45, 2.75) is 0 Å². The number of nitrogens with zero attached hydrogens (tertiary/aromatic N) is 1. The molecule has 1 heterocycles. The van der Waals surface area contributed by atoms with Crippen LogP contribution in [0.25, 0.3) is 0 Å². The number of primary amides is 1. The Morgan fingerprint density at radius 2 is 2.42 bits per heavy atom. The third-order valence-electron chi connectivity index (χ3n) is 1.33. The second-order valence-electron chi connectivity index (χ2n) is 2.04. The molecule has 1 rings (SSSR count). The molecule has 0 aliphatic carbocycles. The molecule has 0 unspecified atom stereocenters. The highest BCUT2D eigenvalue weighted by molar-refractivity contribution is 5.95. The predicted octanol–water partition coefficient (Wildman–Crippen LogP) is 0.328. The van der Waals surface area contributed by atoms with E-state index in [2.05, 4.69) is 4.98 Å². The van der Waals surface area contributed by atoms with Crippen molar-refractivity contribution in [3.63, 3.8) is 0 Å². The minimum Gasteiger partial charge on any atom is -0.496 e. The number of carbonyl (C=O) groups excluding carboxylic acids is 1. The fourth-order valence-electron chi connectivity index (χ4n) is 0.813. The van der Waals surface area contributed by atoms with Crippen molar-refractivity contribution in [3.05, 3.63) is 23.8 Å². The first-order valence-corrected chi connectivity index (χ1v) is 3.15.